The lowest BCUT2D eigenvalue weighted by atomic mass is 10.2. The first-order valence-electron chi connectivity index (χ1n) is 4.12. The molecule has 0 aliphatic rings. The molecule has 0 saturated carbocycles. The van der Waals surface area contributed by atoms with Gasteiger partial charge < -0.3 is 5.73 Å². The van der Waals surface area contributed by atoms with E-state index in [9.17, 15) is 9.59 Å². The van der Waals surface area contributed by atoms with E-state index in [-0.39, 0.29) is 0 Å². The van der Waals surface area contributed by atoms with Crippen LogP contribution >= 0.6 is 0 Å². The predicted octanol–water partition coefficient (Wildman–Crippen LogP) is -0.586. The van der Waals surface area contributed by atoms with Crippen molar-refractivity contribution in [3.8, 4) is 6.07 Å². The molecule has 0 bridgehead atoms. The Kier molecular flexibility index (Phi) is 4.59. The smallest absolute Gasteiger partial charge is 0.318 e. The van der Waals surface area contributed by atoms with E-state index in [1.807, 2.05) is 11.4 Å². The van der Waals surface area contributed by atoms with Crippen molar-refractivity contribution in [1.82, 2.24) is 10.2 Å². The van der Waals surface area contributed by atoms with Gasteiger partial charge in [-0.2, -0.15) is 5.26 Å². The fourth-order valence-electron chi connectivity index (χ4n) is 0.837. The Hall–Kier alpha value is -1.61. The minimum Gasteiger partial charge on any atom is -0.351 e. The lowest BCUT2D eigenvalue weighted by Crippen LogP contribution is -2.49. The number of likely N-dealkylation sites (N-methyl/N-ethyl adjacent to an activating group) is 1. The zero-order chi connectivity index (χ0) is 11.3. The molecule has 0 aliphatic carbocycles. The van der Waals surface area contributed by atoms with Crippen molar-refractivity contribution < 1.29 is 9.59 Å². The fourth-order valence-corrected chi connectivity index (χ4v) is 0.837. The van der Waals surface area contributed by atoms with E-state index in [2.05, 4.69) is 0 Å². The molecule has 0 aromatic carbocycles. The van der Waals surface area contributed by atoms with Gasteiger partial charge in [0.15, 0.2) is 0 Å². The number of hydrogen-bond donors (Lipinski definition) is 2. The maximum absolute atomic E-state index is 11.3. The molecule has 0 spiro atoms. The van der Waals surface area contributed by atoms with Gasteiger partial charge in [-0.15, -0.1) is 0 Å². The van der Waals surface area contributed by atoms with Crippen LogP contribution in [0.15, 0.2) is 0 Å². The van der Waals surface area contributed by atoms with Gasteiger partial charge in [-0.05, 0) is 20.9 Å². The molecule has 0 aromatic heterocycles. The molecule has 2 atom stereocenters. The first-order valence-corrected chi connectivity index (χ1v) is 4.12. The zero-order valence-corrected chi connectivity index (χ0v) is 8.44. The molecular weight excluding hydrogens is 184 g/mol. The van der Waals surface area contributed by atoms with E-state index >= 15 is 0 Å². The second-order valence-corrected chi connectivity index (χ2v) is 3.00. The normalized spacial score (nSPS) is 14.2. The Morgan fingerprint density at radius 1 is 1.50 bits per heavy atom. The summed E-state index contributed by atoms with van der Waals surface area (Å²) in [4.78, 5) is 23.2. The van der Waals surface area contributed by atoms with Crippen molar-refractivity contribution in [2.24, 2.45) is 5.73 Å². The van der Waals surface area contributed by atoms with Gasteiger partial charge in [0.05, 0.1) is 18.2 Å². The molecule has 6 nitrogen and oxygen atoms in total. The number of nitrogens with one attached hydrogen (secondary N) is 1. The van der Waals surface area contributed by atoms with E-state index < -0.39 is 24.0 Å². The molecule has 78 valence electrons. The molecule has 6 heteroatoms. The van der Waals surface area contributed by atoms with E-state index in [0.29, 0.717) is 0 Å². The highest BCUT2D eigenvalue weighted by Gasteiger charge is 2.22. The van der Waals surface area contributed by atoms with Crippen molar-refractivity contribution in [3.05, 3.63) is 0 Å². The number of carbonyl (C=O) groups is 2. The van der Waals surface area contributed by atoms with Crippen LogP contribution in [-0.2, 0) is 4.79 Å². The van der Waals surface area contributed by atoms with Gasteiger partial charge in [0.1, 0.15) is 0 Å². The molecule has 3 amide bonds. The monoisotopic (exact) mass is 198 g/mol. The standard InChI is InChI=1S/C8H14N4O2/c1-5(4-9)12(3)6(2)7(13)11-8(10)14/h5-6H,1-3H3,(H3,10,11,13,14). The number of imide groups is 1. The minimum absolute atomic E-state index is 0.399. The topological polar surface area (TPSA) is 99.2 Å². The molecule has 0 aliphatic heterocycles. The van der Waals surface area contributed by atoms with Crippen molar-refractivity contribution in [2.45, 2.75) is 25.9 Å². The van der Waals surface area contributed by atoms with Gasteiger partial charge >= 0.3 is 6.03 Å². The van der Waals surface area contributed by atoms with Crippen LogP contribution < -0.4 is 11.1 Å². The van der Waals surface area contributed by atoms with Crippen molar-refractivity contribution in [1.29, 1.82) is 5.26 Å². The Bertz CT molecular complexity index is 271. The maximum Gasteiger partial charge on any atom is 0.318 e. The summed E-state index contributed by atoms with van der Waals surface area (Å²) in [5.41, 5.74) is 4.79. The van der Waals surface area contributed by atoms with Crippen LogP contribution in [0.25, 0.3) is 0 Å². The quantitative estimate of drug-likeness (QED) is 0.633. The van der Waals surface area contributed by atoms with Crippen LogP contribution in [0.3, 0.4) is 0 Å². The van der Waals surface area contributed by atoms with Crippen LogP contribution in [0.2, 0.25) is 0 Å². The van der Waals surface area contributed by atoms with Gasteiger partial charge in [-0.1, -0.05) is 0 Å². The molecule has 0 fully saturated rings. The molecule has 14 heavy (non-hydrogen) atoms. The van der Waals surface area contributed by atoms with E-state index in [1.165, 1.54) is 4.90 Å². The summed E-state index contributed by atoms with van der Waals surface area (Å²) in [6, 6.07) is 0.123. The molecule has 0 heterocycles. The van der Waals surface area contributed by atoms with Gasteiger partial charge in [0.25, 0.3) is 0 Å². The molecule has 3 N–H and O–H groups in total. The lowest BCUT2D eigenvalue weighted by molar-refractivity contribution is -0.124. The zero-order valence-electron chi connectivity index (χ0n) is 8.44. The number of amides is 3. The molecule has 0 radical (unpaired) electrons. The average Bonchev–Trinajstić information content (AvgIpc) is 2.13. The Morgan fingerprint density at radius 2 is 2.00 bits per heavy atom. The highest BCUT2D eigenvalue weighted by molar-refractivity contribution is 5.96. The summed E-state index contributed by atoms with van der Waals surface area (Å²) >= 11 is 0. The lowest BCUT2D eigenvalue weighted by Gasteiger charge is -2.24. The molecule has 0 aromatic rings. The Balaban J connectivity index is 4.32. The van der Waals surface area contributed by atoms with Gasteiger partial charge in [-0.3, -0.25) is 15.0 Å². The number of nitrogens with two attached hydrogens (primary N) is 1. The maximum atomic E-state index is 11.3. The van der Waals surface area contributed by atoms with Gasteiger partial charge in [-0.25, -0.2) is 4.79 Å². The third-order valence-electron chi connectivity index (χ3n) is 2.03. The van der Waals surface area contributed by atoms with E-state index in [0.717, 1.165) is 0 Å². The summed E-state index contributed by atoms with van der Waals surface area (Å²) in [5.74, 6) is -0.512. The van der Waals surface area contributed by atoms with E-state index in [1.54, 1.807) is 20.9 Å². The van der Waals surface area contributed by atoms with Gasteiger partial charge in [0, 0.05) is 0 Å². The largest absolute Gasteiger partial charge is 0.351 e. The number of hydrogen-bond acceptors (Lipinski definition) is 4. The van der Waals surface area contributed by atoms with Crippen LogP contribution in [0, 0.1) is 11.3 Å². The number of rotatable bonds is 3. The van der Waals surface area contributed by atoms with Crippen molar-refractivity contribution >= 4 is 11.9 Å². The second-order valence-electron chi connectivity index (χ2n) is 3.00. The highest BCUT2D eigenvalue weighted by atomic mass is 16.2. The first kappa shape index (κ1) is 12.4. The molecule has 2 unspecified atom stereocenters. The summed E-state index contributed by atoms with van der Waals surface area (Å²) in [6.45, 7) is 3.25. The first-order chi connectivity index (χ1) is 6.40. The summed E-state index contributed by atoms with van der Waals surface area (Å²) in [6.07, 6.45) is 0. The third kappa shape index (κ3) is 3.41. The molecule has 0 rings (SSSR count). The SMILES string of the molecule is CC(C#N)N(C)C(C)C(=O)NC(N)=O. The predicted molar refractivity (Wildman–Crippen MR) is 50.0 cm³/mol. The van der Waals surface area contributed by atoms with Crippen LogP contribution in [0.4, 0.5) is 4.79 Å². The fraction of sp³-hybridized carbons (Fsp3) is 0.625. The number of urea groups is 1. The van der Waals surface area contributed by atoms with Gasteiger partial charge in [0.2, 0.25) is 5.91 Å². The van der Waals surface area contributed by atoms with Crippen molar-refractivity contribution in [2.75, 3.05) is 7.05 Å². The highest BCUT2D eigenvalue weighted by Crippen LogP contribution is 2.01. The average molecular weight is 198 g/mol. The molecule has 0 saturated heterocycles. The van der Waals surface area contributed by atoms with Crippen LogP contribution in [-0.4, -0.2) is 36.0 Å². The van der Waals surface area contributed by atoms with Crippen LogP contribution in [0.1, 0.15) is 13.8 Å². The van der Waals surface area contributed by atoms with E-state index in [4.69, 9.17) is 11.0 Å². The third-order valence-corrected chi connectivity index (χ3v) is 2.03. The summed E-state index contributed by atoms with van der Waals surface area (Å²) in [7, 11) is 1.62. The number of primary amides is 1. The minimum atomic E-state index is -0.889. The van der Waals surface area contributed by atoms with Crippen molar-refractivity contribution in [3.63, 3.8) is 0 Å². The Labute approximate surface area is 82.7 Å². The Morgan fingerprint density at radius 3 is 2.36 bits per heavy atom. The number of carbonyl (C=O) groups excluding carboxylic acids is 2. The number of nitriles is 1. The summed E-state index contributed by atoms with van der Waals surface area (Å²) < 4.78 is 0. The molecular formula is C8H14N4O2. The number of nitrogens with zero attached hydrogens (tertiary/aromatic N) is 2. The van der Waals surface area contributed by atoms with Crippen LogP contribution in [0.5, 0.6) is 0 Å². The second kappa shape index (κ2) is 5.19. The summed E-state index contributed by atoms with van der Waals surface area (Å²) in [5, 5.41) is 10.6.